The zero-order valence-electron chi connectivity index (χ0n) is 11.1. The van der Waals surface area contributed by atoms with Crippen LogP contribution in [-0.2, 0) is 0 Å². The Labute approximate surface area is 108 Å². The van der Waals surface area contributed by atoms with E-state index in [4.69, 9.17) is 0 Å². The second-order valence-electron chi connectivity index (χ2n) is 4.83. The molecule has 0 aromatic heterocycles. The Balaban J connectivity index is 2.15. The molecule has 0 saturated heterocycles. The van der Waals surface area contributed by atoms with Gasteiger partial charge in [-0.15, -0.1) is 0 Å². The summed E-state index contributed by atoms with van der Waals surface area (Å²) in [7, 11) is 0. The van der Waals surface area contributed by atoms with E-state index in [1.54, 1.807) is 12.1 Å². The van der Waals surface area contributed by atoms with Crippen molar-refractivity contribution in [3.8, 4) is 5.75 Å². The highest BCUT2D eigenvalue weighted by Gasteiger charge is 2.05. The van der Waals surface area contributed by atoms with Gasteiger partial charge < -0.3 is 10.4 Å². The lowest BCUT2D eigenvalue weighted by atomic mass is 10.1. The molecule has 94 valence electrons. The monoisotopic (exact) mass is 241 g/mol. The maximum absolute atomic E-state index is 9.28. The normalized spacial score (nSPS) is 12.2. The van der Waals surface area contributed by atoms with Gasteiger partial charge in [0.25, 0.3) is 0 Å². The summed E-state index contributed by atoms with van der Waals surface area (Å²) in [4.78, 5) is 0. The van der Waals surface area contributed by atoms with Crippen molar-refractivity contribution >= 4 is 5.69 Å². The largest absolute Gasteiger partial charge is 0.508 e. The van der Waals surface area contributed by atoms with Crippen molar-refractivity contribution in [3.05, 3.63) is 59.2 Å². The van der Waals surface area contributed by atoms with E-state index in [2.05, 4.69) is 44.3 Å². The van der Waals surface area contributed by atoms with Crippen molar-refractivity contribution in [3.63, 3.8) is 0 Å². The molecule has 2 N–H and O–H groups in total. The lowest BCUT2D eigenvalue weighted by Crippen LogP contribution is -2.06. The zero-order chi connectivity index (χ0) is 13.1. The van der Waals surface area contributed by atoms with Crippen LogP contribution in [0.25, 0.3) is 0 Å². The molecule has 18 heavy (non-hydrogen) atoms. The lowest BCUT2D eigenvalue weighted by molar-refractivity contribution is 0.475. The standard InChI is InChI=1S/C16H19NO/c1-11-8-12(2)10-15(9-11)17-13(3)14-4-6-16(18)7-5-14/h4-10,13,17-18H,1-3H3. The number of aromatic hydroxyl groups is 1. The smallest absolute Gasteiger partial charge is 0.115 e. The first kappa shape index (κ1) is 12.5. The van der Waals surface area contributed by atoms with E-state index < -0.39 is 0 Å². The maximum Gasteiger partial charge on any atom is 0.115 e. The number of aryl methyl sites for hydroxylation is 2. The number of rotatable bonds is 3. The number of hydrogen-bond acceptors (Lipinski definition) is 2. The van der Waals surface area contributed by atoms with Gasteiger partial charge in [0, 0.05) is 11.7 Å². The van der Waals surface area contributed by atoms with E-state index >= 15 is 0 Å². The van der Waals surface area contributed by atoms with Gasteiger partial charge in [0.1, 0.15) is 5.75 Å². The molecule has 0 fully saturated rings. The first-order valence-corrected chi connectivity index (χ1v) is 6.18. The minimum atomic E-state index is 0.215. The first-order valence-electron chi connectivity index (χ1n) is 6.18. The summed E-state index contributed by atoms with van der Waals surface area (Å²) < 4.78 is 0. The summed E-state index contributed by atoms with van der Waals surface area (Å²) >= 11 is 0. The van der Waals surface area contributed by atoms with Crippen LogP contribution in [0.3, 0.4) is 0 Å². The van der Waals surface area contributed by atoms with Crippen LogP contribution in [0.5, 0.6) is 5.75 Å². The summed E-state index contributed by atoms with van der Waals surface area (Å²) in [5, 5.41) is 12.8. The Morgan fingerprint density at radius 2 is 1.50 bits per heavy atom. The molecule has 2 heteroatoms. The molecule has 0 spiro atoms. The van der Waals surface area contributed by atoms with Crippen molar-refractivity contribution in [1.29, 1.82) is 0 Å². The molecular formula is C16H19NO. The number of hydrogen-bond donors (Lipinski definition) is 2. The van der Waals surface area contributed by atoms with Crippen molar-refractivity contribution in [2.75, 3.05) is 5.32 Å². The second-order valence-corrected chi connectivity index (χ2v) is 4.83. The van der Waals surface area contributed by atoms with Gasteiger partial charge in [-0.2, -0.15) is 0 Å². The average Bonchev–Trinajstić information content (AvgIpc) is 2.28. The average molecular weight is 241 g/mol. The minimum Gasteiger partial charge on any atom is -0.508 e. The van der Waals surface area contributed by atoms with Gasteiger partial charge >= 0.3 is 0 Å². The summed E-state index contributed by atoms with van der Waals surface area (Å²) in [6.45, 7) is 6.32. The van der Waals surface area contributed by atoms with Crippen LogP contribution in [-0.4, -0.2) is 5.11 Å². The minimum absolute atomic E-state index is 0.215. The number of nitrogens with one attached hydrogen (secondary N) is 1. The molecule has 2 aromatic rings. The second kappa shape index (κ2) is 5.13. The van der Waals surface area contributed by atoms with Gasteiger partial charge in [-0.25, -0.2) is 0 Å². The van der Waals surface area contributed by atoms with Gasteiger partial charge in [-0.3, -0.25) is 0 Å². The molecular weight excluding hydrogens is 222 g/mol. The Morgan fingerprint density at radius 1 is 0.944 bits per heavy atom. The first-order chi connectivity index (χ1) is 8.54. The molecule has 0 heterocycles. The van der Waals surface area contributed by atoms with Crippen LogP contribution < -0.4 is 5.32 Å². The Hall–Kier alpha value is -1.96. The maximum atomic E-state index is 9.28. The molecule has 2 aromatic carbocycles. The van der Waals surface area contributed by atoms with E-state index in [0.717, 1.165) is 11.3 Å². The topological polar surface area (TPSA) is 32.3 Å². The number of phenolic OH excluding ortho intramolecular Hbond substituents is 1. The van der Waals surface area contributed by atoms with Crippen LogP contribution in [0.15, 0.2) is 42.5 Å². The van der Waals surface area contributed by atoms with Gasteiger partial charge in [-0.1, -0.05) is 18.2 Å². The number of phenols is 1. The molecule has 0 bridgehead atoms. The summed E-state index contributed by atoms with van der Waals surface area (Å²) in [6.07, 6.45) is 0. The Morgan fingerprint density at radius 3 is 2.06 bits per heavy atom. The van der Waals surface area contributed by atoms with Crippen LogP contribution in [0.4, 0.5) is 5.69 Å². The van der Waals surface area contributed by atoms with Gasteiger partial charge in [0.05, 0.1) is 0 Å². The molecule has 2 nitrogen and oxygen atoms in total. The highest BCUT2D eigenvalue weighted by atomic mass is 16.3. The molecule has 0 aliphatic carbocycles. The quantitative estimate of drug-likeness (QED) is 0.844. The Kier molecular flexibility index (Phi) is 3.56. The van der Waals surface area contributed by atoms with E-state index in [-0.39, 0.29) is 6.04 Å². The van der Waals surface area contributed by atoms with Crippen LogP contribution in [0, 0.1) is 13.8 Å². The fraction of sp³-hybridized carbons (Fsp3) is 0.250. The number of anilines is 1. The highest BCUT2D eigenvalue weighted by Crippen LogP contribution is 2.22. The van der Waals surface area contributed by atoms with Crippen LogP contribution in [0.1, 0.15) is 29.7 Å². The zero-order valence-corrected chi connectivity index (χ0v) is 11.1. The summed E-state index contributed by atoms with van der Waals surface area (Å²) in [5.74, 6) is 0.303. The Bertz CT molecular complexity index is 511. The predicted octanol–water partition coefficient (Wildman–Crippen LogP) is 4.18. The molecule has 1 atom stereocenters. The highest BCUT2D eigenvalue weighted by molar-refractivity contribution is 5.50. The third kappa shape index (κ3) is 3.04. The van der Waals surface area contributed by atoms with E-state index in [0.29, 0.717) is 5.75 Å². The SMILES string of the molecule is Cc1cc(C)cc(NC(C)c2ccc(O)cc2)c1. The fourth-order valence-electron chi connectivity index (χ4n) is 2.15. The molecule has 0 radical (unpaired) electrons. The van der Waals surface area contributed by atoms with Crippen molar-refractivity contribution in [2.24, 2.45) is 0 Å². The third-order valence-electron chi connectivity index (χ3n) is 3.00. The molecule has 0 amide bonds. The molecule has 2 rings (SSSR count). The lowest BCUT2D eigenvalue weighted by Gasteiger charge is -2.16. The predicted molar refractivity (Wildman–Crippen MR) is 76.1 cm³/mol. The van der Waals surface area contributed by atoms with E-state index in [1.165, 1.54) is 11.1 Å². The molecule has 0 aliphatic heterocycles. The van der Waals surface area contributed by atoms with Crippen molar-refractivity contribution in [1.82, 2.24) is 0 Å². The molecule has 0 saturated carbocycles. The van der Waals surface area contributed by atoms with Gasteiger partial charge in [0.15, 0.2) is 0 Å². The third-order valence-corrected chi connectivity index (χ3v) is 3.00. The van der Waals surface area contributed by atoms with Crippen molar-refractivity contribution < 1.29 is 5.11 Å². The van der Waals surface area contributed by atoms with E-state index in [1.807, 2.05) is 12.1 Å². The van der Waals surface area contributed by atoms with Gasteiger partial charge in [-0.05, 0) is 61.7 Å². The van der Waals surface area contributed by atoms with Gasteiger partial charge in [0.2, 0.25) is 0 Å². The summed E-state index contributed by atoms with van der Waals surface area (Å²) in [6, 6.07) is 14.0. The summed E-state index contributed by atoms with van der Waals surface area (Å²) in [5.41, 5.74) is 4.81. The number of benzene rings is 2. The van der Waals surface area contributed by atoms with Crippen LogP contribution in [0.2, 0.25) is 0 Å². The van der Waals surface area contributed by atoms with E-state index in [9.17, 15) is 5.11 Å². The molecule has 1 unspecified atom stereocenters. The molecule has 0 aliphatic rings. The van der Waals surface area contributed by atoms with Crippen molar-refractivity contribution in [2.45, 2.75) is 26.8 Å². The van der Waals surface area contributed by atoms with Crippen LogP contribution >= 0.6 is 0 Å². The fourth-order valence-corrected chi connectivity index (χ4v) is 2.15.